The Morgan fingerprint density at radius 3 is 2.31 bits per heavy atom. The van der Waals surface area contributed by atoms with Gasteiger partial charge in [0, 0.05) is 0 Å². The molecule has 74 valence electrons. The molecule has 1 aromatic rings. The molecule has 0 aliphatic heterocycles. The summed E-state index contributed by atoms with van der Waals surface area (Å²) in [5, 5.41) is 0. The highest BCUT2D eigenvalue weighted by molar-refractivity contribution is 5.35. The normalized spacial score (nSPS) is 24.2. The predicted octanol–water partition coefficient (Wildman–Crippen LogP) is 4.25. The van der Waals surface area contributed by atoms with Crippen molar-refractivity contribution in [3.05, 3.63) is 35.4 Å². The highest BCUT2D eigenvalue weighted by Gasteiger charge is 2.24. The molecule has 0 fully saturated rings. The highest BCUT2D eigenvalue weighted by atomic mass is 14.3. The van der Waals surface area contributed by atoms with E-state index in [1.165, 1.54) is 6.42 Å². The minimum atomic E-state index is 0. The van der Waals surface area contributed by atoms with Crippen LogP contribution >= 0.6 is 0 Å². The number of rotatable bonds is 0. The van der Waals surface area contributed by atoms with Gasteiger partial charge < -0.3 is 0 Å². The van der Waals surface area contributed by atoms with Crippen molar-refractivity contribution in [3.8, 4) is 0 Å². The molecule has 0 spiro atoms. The molecule has 0 saturated carbocycles. The SMILES string of the molecule is C.C.CC1Cc2ccccc2C1C. The standard InChI is InChI=1S/C11H14.2CH4/c1-8-7-10-5-3-4-6-11(10)9(8)2;;/h3-6,8-9H,7H2,1-2H3;2*1H4. The fraction of sp³-hybridized carbons (Fsp3) is 0.538. The zero-order valence-corrected chi connectivity index (χ0v) is 7.17. The van der Waals surface area contributed by atoms with Crippen LogP contribution in [0.5, 0.6) is 0 Å². The molecule has 0 amide bonds. The zero-order chi connectivity index (χ0) is 7.84. The number of hydrogen-bond acceptors (Lipinski definition) is 0. The quantitative estimate of drug-likeness (QED) is 0.557. The Kier molecular flexibility index (Phi) is 4.19. The van der Waals surface area contributed by atoms with Crippen LogP contribution in [-0.2, 0) is 6.42 Å². The van der Waals surface area contributed by atoms with E-state index >= 15 is 0 Å². The molecule has 0 saturated heterocycles. The van der Waals surface area contributed by atoms with Gasteiger partial charge in [0.2, 0.25) is 0 Å². The summed E-state index contributed by atoms with van der Waals surface area (Å²) >= 11 is 0. The third kappa shape index (κ3) is 1.93. The van der Waals surface area contributed by atoms with E-state index in [4.69, 9.17) is 0 Å². The van der Waals surface area contributed by atoms with E-state index in [9.17, 15) is 0 Å². The van der Waals surface area contributed by atoms with Crippen LogP contribution in [0.1, 0.15) is 45.7 Å². The largest absolute Gasteiger partial charge is 0.0776 e. The number of fused-ring (bicyclic) bond motifs is 1. The van der Waals surface area contributed by atoms with Gasteiger partial charge in [-0.2, -0.15) is 0 Å². The summed E-state index contributed by atoms with van der Waals surface area (Å²) in [5.74, 6) is 1.61. The van der Waals surface area contributed by atoms with Gasteiger partial charge in [-0.1, -0.05) is 53.0 Å². The summed E-state index contributed by atoms with van der Waals surface area (Å²) in [7, 11) is 0. The first-order chi connectivity index (χ1) is 5.29. The molecule has 0 aromatic heterocycles. The molecule has 0 heterocycles. The fourth-order valence-corrected chi connectivity index (χ4v) is 1.99. The molecule has 0 bridgehead atoms. The molecule has 13 heavy (non-hydrogen) atoms. The fourth-order valence-electron chi connectivity index (χ4n) is 1.99. The van der Waals surface area contributed by atoms with Crippen LogP contribution < -0.4 is 0 Å². The average Bonchev–Trinajstić information content (AvgIpc) is 2.30. The topological polar surface area (TPSA) is 0 Å². The van der Waals surface area contributed by atoms with Crippen molar-refractivity contribution < 1.29 is 0 Å². The first-order valence-electron chi connectivity index (χ1n) is 4.37. The monoisotopic (exact) mass is 178 g/mol. The van der Waals surface area contributed by atoms with Crippen molar-refractivity contribution in [3.63, 3.8) is 0 Å². The first-order valence-corrected chi connectivity index (χ1v) is 4.37. The third-order valence-electron chi connectivity index (χ3n) is 2.94. The maximum Gasteiger partial charge on any atom is -0.0159 e. The summed E-state index contributed by atoms with van der Waals surface area (Å²) < 4.78 is 0. The van der Waals surface area contributed by atoms with Gasteiger partial charge in [-0.05, 0) is 29.4 Å². The lowest BCUT2D eigenvalue weighted by Crippen LogP contribution is -1.97. The molecule has 2 unspecified atom stereocenters. The second-order valence-electron chi connectivity index (χ2n) is 3.67. The highest BCUT2D eigenvalue weighted by Crippen LogP contribution is 2.36. The number of hydrogen-bond donors (Lipinski definition) is 0. The molecular formula is C13H22. The van der Waals surface area contributed by atoms with Gasteiger partial charge in [-0.25, -0.2) is 0 Å². The van der Waals surface area contributed by atoms with Crippen molar-refractivity contribution in [2.45, 2.75) is 41.0 Å². The van der Waals surface area contributed by atoms with Crippen LogP contribution in [-0.4, -0.2) is 0 Å². The average molecular weight is 178 g/mol. The molecule has 2 atom stereocenters. The minimum Gasteiger partial charge on any atom is -0.0776 e. The van der Waals surface area contributed by atoms with E-state index in [1.54, 1.807) is 11.1 Å². The third-order valence-corrected chi connectivity index (χ3v) is 2.94. The summed E-state index contributed by atoms with van der Waals surface area (Å²) in [6.45, 7) is 4.67. The molecule has 0 N–H and O–H groups in total. The number of benzene rings is 1. The van der Waals surface area contributed by atoms with E-state index in [1.807, 2.05) is 0 Å². The van der Waals surface area contributed by atoms with Crippen molar-refractivity contribution in [1.29, 1.82) is 0 Å². The molecule has 0 nitrogen and oxygen atoms in total. The van der Waals surface area contributed by atoms with Gasteiger partial charge in [-0.3, -0.25) is 0 Å². The molecule has 1 aliphatic rings. The van der Waals surface area contributed by atoms with Gasteiger partial charge in [0.1, 0.15) is 0 Å². The summed E-state index contributed by atoms with van der Waals surface area (Å²) in [5.41, 5.74) is 3.13. The van der Waals surface area contributed by atoms with Crippen LogP contribution in [0.2, 0.25) is 0 Å². The van der Waals surface area contributed by atoms with Crippen LogP contribution in [0, 0.1) is 5.92 Å². The van der Waals surface area contributed by atoms with Gasteiger partial charge in [0.15, 0.2) is 0 Å². The van der Waals surface area contributed by atoms with Gasteiger partial charge >= 0.3 is 0 Å². The van der Waals surface area contributed by atoms with Gasteiger partial charge in [0.25, 0.3) is 0 Å². The zero-order valence-electron chi connectivity index (χ0n) is 7.17. The predicted molar refractivity (Wildman–Crippen MR) is 61.2 cm³/mol. The molecule has 1 aromatic carbocycles. The van der Waals surface area contributed by atoms with Crippen molar-refractivity contribution in [1.82, 2.24) is 0 Å². The Morgan fingerprint density at radius 1 is 1.08 bits per heavy atom. The van der Waals surface area contributed by atoms with Crippen LogP contribution in [0.3, 0.4) is 0 Å². The maximum absolute atomic E-state index is 2.34. The maximum atomic E-state index is 2.34. The van der Waals surface area contributed by atoms with Crippen molar-refractivity contribution >= 4 is 0 Å². The smallest absolute Gasteiger partial charge is 0.0159 e. The Hall–Kier alpha value is -0.780. The van der Waals surface area contributed by atoms with E-state index in [0.717, 1.165) is 11.8 Å². The Balaban J connectivity index is 0.000000720. The lowest BCUT2D eigenvalue weighted by molar-refractivity contribution is 0.532. The molecule has 0 radical (unpaired) electrons. The minimum absolute atomic E-state index is 0. The lowest BCUT2D eigenvalue weighted by Gasteiger charge is -2.08. The molecule has 0 heteroatoms. The summed E-state index contributed by atoms with van der Waals surface area (Å²) in [6, 6.07) is 8.82. The van der Waals surface area contributed by atoms with Crippen LogP contribution in [0.15, 0.2) is 24.3 Å². The lowest BCUT2D eigenvalue weighted by atomic mass is 9.97. The van der Waals surface area contributed by atoms with E-state index in [0.29, 0.717) is 0 Å². The van der Waals surface area contributed by atoms with Crippen molar-refractivity contribution in [2.75, 3.05) is 0 Å². The molecule has 1 aliphatic carbocycles. The summed E-state index contributed by atoms with van der Waals surface area (Å²) in [6.07, 6.45) is 1.28. The van der Waals surface area contributed by atoms with E-state index in [2.05, 4.69) is 38.1 Å². The summed E-state index contributed by atoms with van der Waals surface area (Å²) in [4.78, 5) is 0. The Labute approximate surface area is 83.0 Å². The van der Waals surface area contributed by atoms with Crippen LogP contribution in [0.4, 0.5) is 0 Å². The second-order valence-corrected chi connectivity index (χ2v) is 3.67. The Morgan fingerprint density at radius 2 is 1.69 bits per heavy atom. The first kappa shape index (κ1) is 12.2. The molecule has 2 rings (SSSR count). The van der Waals surface area contributed by atoms with Gasteiger partial charge in [0.05, 0.1) is 0 Å². The van der Waals surface area contributed by atoms with Crippen molar-refractivity contribution in [2.24, 2.45) is 5.92 Å². The van der Waals surface area contributed by atoms with E-state index in [-0.39, 0.29) is 14.9 Å². The van der Waals surface area contributed by atoms with Crippen LogP contribution in [0.25, 0.3) is 0 Å². The Bertz CT molecular complexity index is 262. The van der Waals surface area contributed by atoms with E-state index < -0.39 is 0 Å². The second kappa shape index (κ2) is 4.45. The van der Waals surface area contributed by atoms with Gasteiger partial charge in [-0.15, -0.1) is 0 Å². The molecular weight excluding hydrogens is 156 g/mol.